The number of hydrogen-bond acceptors (Lipinski definition) is 5. The van der Waals surface area contributed by atoms with Crippen LogP contribution in [0.2, 0.25) is 0 Å². The molecular weight excluding hydrogens is 260 g/mol. The number of carbonyl (C=O) groups excluding carboxylic acids is 1. The quantitative estimate of drug-likeness (QED) is 0.824. The number of primary amides is 1. The second-order valence-corrected chi connectivity index (χ2v) is 5.34. The van der Waals surface area contributed by atoms with Gasteiger partial charge in [-0.2, -0.15) is 0 Å². The van der Waals surface area contributed by atoms with Crippen molar-refractivity contribution in [3.8, 4) is 11.5 Å². The first-order valence-corrected chi connectivity index (χ1v) is 6.70. The molecule has 1 saturated heterocycles. The molecule has 3 N–H and O–H groups in total. The fourth-order valence-corrected chi connectivity index (χ4v) is 2.78. The molecule has 20 heavy (non-hydrogen) atoms. The number of benzene rings is 1. The highest BCUT2D eigenvalue weighted by Gasteiger charge is 2.35. The maximum atomic E-state index is 10.9. The molecule has 2 aliphatic rings. The highest BCUT2D eigenvalue weighted by Crippen LogP contribution is 2.39. The summed E-state index contributed by atoms with van der Waals surface area (Å²) in [5.74, 6) is 1.05. The third-order valence-corrected chi connectivity index (χ3v) is 3.97. The fraction of sp³-hybridized carbons (Fsp3) is 0.500. The van der Waals surface area contributed by atoms with Crippen molar-refractivity contribution in [3.05, 3.63) is 23.8 Å². The lowest BCUT2D eigenvalue weighted by Gasteiger charge is -2.38. The van der Waals surface area contributed by atoms with Crippen LogP contribution in [0.15, 0.2) is 18.2 Å². The van der Waals surface area contributed by atoms with Gasteiger partial charge in [0.1, 0.15) is 0 Å². The molecule has 3 rings (SSSR count). The summed E-state index contributed by atoms with van der Waals surface area (Å²) in [6, 6.07) is 5.54. The van der Waals surface area contributed by atoms with Gasteiger partial charge in [0.15, 0.2) is 11.5 Å². The van der Waals surface area contributed by atoms with Crippen LogP contribution in [0, 0.1) is 0 Å². The average Bonchev–Trinajstić information content (AvgIpc) is 2.88. The molecule has 2 heterocycles. The van der Waals surface area contributed by atoms with Crippen LogP contribution in [-0.2, 0) is 10.4 Å². The van der Waals surface area contributed by atoms with Gasteiger partial charge in [0.2, 0.25) is 12.7 Å². The maximum Gasteiger partial charge on any atom is 0.231 e. The van der Waals surface area contributed by atoms with Crippen LogP contribution in [0.1, 0.15) is 18.4 Å². The molecule has 0 atom stereocenters. The van der Waals surface area contributed by atoms with E-state index < -0.39 is 5.60 Å². The third kappa shape index (κ3) is 2.44. The second kappa shape index (κ2) is 4.96. The van der Waals surface area contributed by atoms with E-state index in [4.69, 9.17) is 15.2 Å². The molecule has 108 valence electrons. The SMILES string of the molecule is NC(=O)CN1CCC(O)(c2ccc3c(c2)OCO3)CC1. The van der Waals surface area contributed by atoms with Crippen molar-refractivity contribution in [2.75, 3.05) is 26.4 Å². The van der Waals surface area contributed by atoms with Crippen molar-refractivity contribution < 1.29 is 19.4 Å². The van der Waals surface area contributed by atoms with Gasteiger partial charge in [-0.25, -0.2) is 0 Å². The lowest BCUT2D eigenvalue weighted by Crippen LogP contribution is -2.45. The molecule has 1 fully saturated rings. The Morgan fingerprint density at radius 1 is 1.30 bits per heavy atom. The van der Waals surface area contributed by atoms with Gasteiger partial charge >= 0.3 is 0 Å². The van der Waals surface area contributed by atoms with Gasteiger partial charge in [-0.15, -0.1) is 0 Å². The van der Waals surface area contributed by atoms with E-state index in [1.54, 1.807) is 0 Å². The first-order chi connectivity index (χ1) is 9.57. The number of likely N-dealkylation sites (tertiary alicyclic amines) is 1. The van der Waals surface area contributed by atoms with Crippen molar-refractivity contribution in [2.24, 2.45) is 5.73 Å². The van der Waals surface area contributed by atoms with Gasteiger partial charge in [-0.05, 0) is 30.5 Å². The topological polar surface area (TPSA) is 85.0 Å². The predicted octanol–water partition coefficient (Wildman–Crippen LogP) is 0.184. The summed E-state index contributed by atoms with van der Waals surface area (Å²) in [6.07, 6.45) is 1.14. The zero-order valence-corrected chi connectivity index (χ0v) is 11.2. The first kappa shape index (κ1) is 13.2. The molecule has 0 saturated carbocycles. The van der Waals surface area contributed by atoms with Crippen LogP contribution in [0.3, 0.4) is 0 Å². The predicted molar refractivity (Wildman–Crippen MR) is 71.3 cm³/mol. The van der Waals surface area contributed by atoms with Gasteiger partial charge in [0.05, 0.1) is 12.1 Å². The summed E-state index contributed by atoms with van der Waals surface area (Å²) in [5.41, 5.74) is 5.14. The number of nitrogens with two attached hydrogens (primary N) is 1. The number of carbonyl (C=O) groups is 1. The summed E-state index contributed by atoms with van der Waals surface area (Å²) in [4.78, 5) is 12.9. The molecule has 1 aromatic rings. The molecule has 1 amide bonds. The van der Waals surface area contributed by atoms with Crippen LogP contribution < -0.4 is 15.2 Å². The summed E-state index contributed by atoms with van der Waals surface area (Å²) >= 11 is 0. The highest BCUT2D eigenvalue weighted by molar-refractivity contribution is 5.75. The molecule has 0 bridgehead atoms. The van der Waals surface area contributed by atoms with Gasteiger partial charge in [-0.1, -0.05) is 6.07 Å². The molecule has 6 nitrogen and oxygen atoms in total. The monoisotopic (exact) mass is 278 g/mol. The highest BCUT2D eigenvalue weighted by atomic mass is 16.7. The van der Waals surface area contributed by atoms with E-state index in [0.29, 0.717) is 37.4 Å². The summed E-state index contributed by atoms with van der Waals surface area (Å²) in [6.45, 7) is 1.77. The Bertz CT molecular complexity index is 524. The largest absolute Gasteiger partial charge is 0.454 e. The molecule has 0 spiro atoms. The number of ether oxygens (including phenoxy) is 2. The molecule has 0 aliphatic carbocycles. The van der Waals surface area contributed by atoms with Crippen LogP contribution in [0.5, 0.6) is 11.5 Å². The lowest BCUT2D eigenvalue weighted by molar-refractivity contribution is -0.120. The molecule has 0 unspecified atom stereocenters. The molecule has 0 radical (unpaired) electrons. The minimum absolute atomic E-state index is 0.226. The van der Waals surface area contributed by atoms with E-state index in [1.165, 1.54) is 0 Å². The smallest absolute Gasteiger partial charge is 0.231 e. The zero-order valence-electron chi connectivity index (χ0n) is 11.2. The number of piperidine rings is 1. The average molecular weight is 278 g/mol. The van der Waals surface area contributed by atoms with Crippen molar-refractivity contribution in [3.63, 3.8) is 0 Å². The van der Waals surface area contributed by atoms with E-state index in [0.717, 1.165) is 5.56 Å². The van der Waals surface area contributed by atoms with Crippen molar-refractivity contribution in [1.82, 2.24) is 4.90 Å². The number of aliphatic hydroxyl groups is 1. The lowest BCUT2D eigenvalue weighted by atomic mass is 9.84. The van der Waals surface area contributed by atoms with Crippen LogP contribution in [0.4, 0.5) is 0 Å². The van der Waals surface area contributed by atoms with E-state index >= 15 is 0 Å². The summed E-state index contributed by atoms with van der Waals surface area (Å²) in [7, 11) is 0. The second-order valence-electron chi connectivity index (χ2n) is 5.34. The normalized spacial score (nSPS) is 20.9. The number of nitrogens with zero attached hydrogens (tertiary/aromatic N) is 1. The molecule has 1 aromatic carbocycles. The molecule has 6 heteroatoms. The Hall–Kier alpha value is -1.79. The Kier molecular flexibility index (Phi) is 3.27. The number of amides is 1. The minimum atomic E-state index is -0.880. The Morgan fingerprint density at radius 2 is 2.00 bits per heavy atom. The van der Waals surface area contributed by atoms with Gasteiger partial charge < -0.3 is 20.3 Å². The van der Waals surface area contributed by atoms with Crippen molar-refractivity contribution in [2.45, 2.75) is 18.4 Å². The number of rotatable bonds is 3. The molecular formula is C14H18N2O4. The van der Waals surface area contributed by atoms with E-state index in [2.05, 4.69) is 0 Å². The number of hydrogen-bond donors (Lipinski definition) is 2. The maximum absolute atomic E-state index is 10.9. The molecule has 0 aromatic heterocycles. The van der Waals surface area contributed by atoms with E-state index in [9.17, 15) is 9.90 Å². The zero-order chi connectivity index (χ0) is 14.2. The van der Waals surface area contributed by atoms with Gasteiger partial charge in [-0.3, -0.25) is 9.69 Å². The molecule has 2 aliphatic heterocycles. The van der Waals surface area contributed by atoms with Crippen molar-refractivity contribution >= 4 is 5.91 Å². The Morgan fingerprint density at radius 3 is 2.70 bits per heavy atom. The Labute approximate surface area is 117 Å². The van der Waals surface area contributed by atoms with Gasteiger partial charge in [0.25, 0.3) is 0 Å². The van der Waals surface area contributed by atoms with Crippen LogP contribution in [0.25, 0.3) is 0 Å². The van der Waals surface area contributed by atoms with E-state index in [-0.39, 0.29) is 19.2 Å². The minimum Gasteiger partial charge on any atom is -0.454 e. The summed E-state index contributed by atoms with van der Waals surface area (Å²) in [5, 5.41) is 10.8. The number of fused-ring (bicyclic) bond motifs is 1. The van der Waals surface area contributed by atoms with Crippen LogP contribution in [-0.4, -0.2) is 42.3 Å². The first-order valence-electron chi connectivity index (χ1n) is 6.70. The summed E-state index contributed by atoms with van der Waals surface area (Å²) < 4.78 is 10.6. The van der Waals surface area contributed by atoms with Crippen LogP contribution >= 0.6 is 0 Å². The van der Waals surface area contributed by atoms with Crippen molar-refractivity contribution in [1.29, 1.82) is 0 Å². The Balaban J connectivity index is 1.72. The van der Waals surface area contributed by atoms with Gasteiger partial charge in [0, 0.05) is 13.1 Å². The third-order valence-electron chi connectivity index (χ3n) is 3.97. The standard InChI is InChI=1S/C14H18N2O4/c15-13(17)8-16-5-3-14(18,4-6-16)10-1-2-11-12(7-10)20-9-19-11/h1-2,7,18H,3-6,8-9H2,(H2,15,17). The van der Waals surface area contributed by atoms with E-state index in [1.807, 2.05) is 23.1 Å². The fourth-order valence-electron chi connectivity index (χ4n) is 2.78.